The molecule has 0 N–H and O–H groups in total. The predicted molar refractivity (Wildman–Crippen MR) is 80.6 cm³/mol. The van der Waals surface area contributed by atoms with Crippen LogP contribution in [0, 0.1) is 0 Å². The second-order valence-corrected chi connectivity index (χ2v) is 4.69. The molecule has 0 aliphatic rings. The van der Waals surface area contributed by atoms with E-state index in [1.807, 2.05) is 30.9 Å². The largest absolute Gasteiger partial charge is 0.494 e. The Labute approximate surface area is 125 Å². The number of benzene rings is 1. The van der Waals surface area contributed by atoms with Gasteiger partial charge in [-0.25, -0.2) is 0 Å². The van der Waals surface area contributed by atoms with Gasteiger partial charge in [0.2, 0.25) is 0 Å². The molecule has 0 aliphatic carbocycles. The van der Waals surface area contributed by atoms with Crippen LogP contribution in [0.3, 0.4) is 0 Å². The van der Waals surface area contributed by atoms with Gasteiger partial charge in [-0.1, -0.05) is 6.92 Å². The van der Waals surface area contributed by atoms with Crippen LogP contribution in [0.2, 0.25) is 0 Å². The Morgan fingerprint density at radius 1 is 1.24 bits per heavy atom. The molecule has 0 unspecified atom stereocenters. The van der Waals surface area contributed by atoms with Crippen LogP contribution in [-0.4, -0.2) is 43.5 Å². The molecule has 0 saturated heterocycles. The third-order valence-corrected chi connectivity index (χ3v) is 3.19. The first-order valence-electron chi connectivity index (χ1n) is 7.07. The molecule has 0 bridgehead atoms. The van der Waals surface area contributed by atoms with Crippen molar-refractivity contribution in [1.82, 2.24) is 4.90 Å². The first kappa shape index (κ1) is 17.2. The van der Waals surface area contributed by atoms with E-state index < -0.39 is 0 Å². The van der Waals surface area contributed by atoms with Crippen molar-refractivity contribution in [2.24, 2.45) is 0 Å². The first-order valence-corrected chi connectivity index (χ1v) is 7.07. The minimum Gasteiger partial charge on any atom is -0.494 e. The Kier molecular flexibility index (Phi) is 6.88. The van der Waals surface area contributed by atoms with E-state index in [1.54, 1.807) is 6.07 Å². The van der Waals surface area contributed by atoms with Crippen molar-refractivity contribution in [2.45, 2.75) is 27.3 Å². The predicted octanol–water partition coefficient (Wildman–Crippen LogP) is 2.28. The second-order valence-electron chi connectivity index (χ2n) is 4.69. The molecule has 0 atom stereocenters. The highest BCUT2D eigenvalue weighted by Gasteiger charge is 2.14. The van der Waals surface area contributed by atoms with Gasteiger partial charge in [0.15, 0.2) is 5.78 Å². The van der Waals surface area contributed by atoms with Crippen LogP contribution < -0.4 is 4.74 Å². The lowest BCUT2D eigenvalue weighted by Gasteiger charge is -2.21. The summed E-state index contributed by atoms with van der Waals surface area (Å²) in [6.07, 6.45) is 0. The van der Waals surface area contributed by atoms with Crippen LogP contribution in [0.4, 0.5) is 0 Å². The molecule has 1 aromatic carbocycles. The molecule has 0 aromatic heterocycles. The molecule has 5 nitrogen and oxygen atoms in total. The quantitative estimate of drug-likeness (QED) is 0.543. The summed E-state index contributed by atoms with van der Waals surface area (Å²) < 4.78 is 10.3. The minimum absolute atomic E-state index is 0.00955. The molecule has 0 radical (unpaired) electrons. The van der Waals surface area contributed by atoms with Crippen LogP contribution >= 0.6 is 0 Å². The second kappa shape index (κ2) is 8.42. The molecule has 1 rings (SSSR count). The Morgan fingerprint density at radius 2 is 1.95 bits per heavy atom. The monoisotopic (exact) mass is 293 g/mol. The molecule has 0 spiro atoms. The van der Waals surface area contributed by atoms with E-state index in [2.05, 4.69) is 0 Å². The number of carbonyl (C=O) groups is 2. The van der Waals surface area contributed by atoms with E-state index in [-0.39, 0.29) is 18.3 Å². The Hall–Kier alpha value is -1.88. The SMILES string of the molecule is CCOc1ccc(C(C)=O)cc1CN(CC)CC(=O)OC. The molecule has 5 heteroatoms. The molecule has 0 fully saturated rings. The highest BCUT2D eigenvalue weighted by atomic mass is 16.5. The number of hydrogen-bond donors (Lipinski definition) is 0. The van der Waals surface area contributed by atoms with Crippen molar-refractivity contribution < 1.29 is 19.1 Å². The van der Waals surface area contributed by atoms with E-state index in [9.17, 15) is 9.59 Å². The fourth-order valence-corrected chi connectivity index (χ4v) is 1.99. The van der Waals surface area contributed by atoms with Crippen LogP contribution in [-0.2, 0) is 16.1 Å². The number of hydrogen-bond acceptors (Lipinski definition) is 5. The summed E-state index contributed by atoms with van der Waals surface area (Å²) in [5.74, 6) is 0.471. The van der Waals surface area contributed by atoms with Crippen LogP contribution in [0.15, 0.2) is 18.2 Å². The van der Waals surface area contributed by atoms with Gasteiger partial charge in [-0.15, -0.1) is 0 Å². The summed E-state index contributed by atoms with van der Waals surface area (Å²) in [4.78, 5) is 24.9. The summed E-state index contributed by atoms with van der Waals surface area (Å²) in [6.45, 7) is 7.41. The van der Waals surface area contributed by atoms with Crippen LogP contribution in [0.1, 0.15) is 36.7 Å². The minimum atomic E-state index is -0.280. The fraction of sp³-hybridized carbons (Fsp3) is 0.500. The highest BCUT2D eigenvalue weighted by Crippen LogP contribution is 2.22. The van der Waals surface area contributed by atoms with Crippen molar-refractivity contribution in [1.29, 1.82) is 0 Å². The number of ether oxygens (including phenoxy) is 2. The van der Waals surface area contributed by atoms with Crippen LogP contribution in [0.5, 0.6) is 5.75 Å². The van der Waals surface area contributed by atoms with Gasteiger partial charge >= 0.3 is 5.97 Å². The van der Waals surface area contributed by atoms with E-state index in [0.29, 0.717) is 25.3 Å². The number of esters is 1. The molecule has 0 saturated carbocycles. The molecule has 0 heterocycles. The summed E-state index contributed by atoms with van der Waals surface area (Å²) >= 11 is 0. The van der Waals surface area contributed by atoms with Gasteiger partial charge in [-0.05, 0) is 38.6 Å². The van der Waals surface area contributed by atoms with Gasteiger partial charge in [-0.2, -0.15) is 0 Å². The van der Waals surface area contributed by atoms with E-state index in [4.69, 9.17) is 9.47 Å². The van der Waals surface area contributed by atoms with E-state index >= 15 is 0 Å². The Balaban J connectivity index is 2.98. The van der Waals surface area contributed by atoms with Crippen molar-refractivity contribution in [3.63, 3.8) is 0 Å². The maximum atomic E-state index is 11.5. The lowest BCUT2D eigenvalue weighted by molar-refractivity contribution is -0.142. The maximum Gasteiger partial charge on any atom is 0.319 e. The normalized spacial score (nSPS) is 10.5. The third-order valence-electron chi connectivity index (χ3n) is 3.19. The molecule has 21 heavy (non-hydrogen) atoms. The number of ketones is 1. The summed E-state index contributed by atoms with van der Waals surface area (Å²) in [7, 11) is 1.37. The molecular weight excluding hydrogens is 270 g/mol. The zero-order valence-corrected chi connectivity index (χ0v) is 13.1. The van der Waals surface area contributed by atoms with Gasteiger partial charge in [0, 0.05) is 17.7 Å². The Morgan fingerprint density at radius 3 is 2.48 bits per heavy atom. The zero-order chi connectivity index (χ0) is 15.8. The molecule has 0 amide bonds. The van der Waals surface area contributed by atoms with E-state index in [1.165, 1.54) is 14.0 Å². The van der Waals surface area contributed by atoms with Gasteiger partial charge in [0.1, 0.15) is 5.75 Å². The standard InChI is InChI=1S/C16H23NO4/c1-5-17(11-16(19)20-4)10-14-9-13(12(3)18)7-8-15(14)21-6-2/h7-9H,5-6,10-11H2,1-4H3. The van der Waals surface area contributed by atoms with Crippen molar-refractivity contribution in [3.8, 4) is 5.75 Å². The number of nitrogens with zero attached hydrogens (tertiary/aromatic N) is 1. The highest BCUT2D eigenvalue weighted by molar-refractivity contribution is 5.94. The number of rotatable bonds is 8. The van der Waals surface area contributed by atoms with Crippen molar-refractivity contribution >= 4 is 11.8 Å². The smallest absolute Gasteiger partial charge is 0.319 e. The summed E-state index contributed by atoms with van der Waals surface area (Å²) in [5.41, 5.74) is 1.54. The van der Waals surface area contributed by atoms with Gasteiger partial charge in [0.25, 0.3) is 0 Å². The zero-order valence-electron chi connectivity index (χ0n) is 13.1. The Bertz CT molecular complexity index is 499. The molecule has 116 valence electrons. The average molecular weight is 293 g/mol. The number of Topliss-reactive ketones (excluding diaryl/α,β-unsaturated/α-hetero) is 1. The third kappa shape index (κ3) is 5.19. The molecule has 0 aliphatic heterocycles. The first-order chi connectivity index (χ1) is 10.0. The number of carbonyl (C=O) groups excluding carboxylic acids is 2. The van der Waals surface area contributed by atoms with Gasteiger partial charge in [-0.3, -0.25) is 14.5 Å². The van der Waals surface area contributed by atoms with Gasteiger partial charge < -0.3 is 9.47 Å². The van der Waals surface area contributed by atoms with Crippen molar-refractivity contribution in [2.75, 3.05) is 26.8 Å². The fourth-order valence-electron chi connectivity index (χ4n) is 1.99. The maximum absolute atomic E-state index is 11.5. The average Bonchev–Trinajstić information content (AvgIpc) is 2.47. The lowest BCUT2D eigenvalue weighted by atomic mass is 10.1. The molecular formula is C16H23NO4. The number of methoxy groups -OCH3 is 1. The topological polar surface area (TPSA) is 55.8 Å². The van der Waals surface area contributed by atoms with Crippen LogP contribution in [0.25, 0.3) is 0 Å². The molecule has 1 aromatic rings. The van der Waals surface area contributed by atoms with Crippen molar-refractivity contribution in [3.05, 3.63) is 29.3 Å². The van der Waals surface area contributed by atoms with E-state index in [0.717, 1.165) is 11.3 Å². The summed E-state index contributed by atoms with van der Waals surface area (Å²) in [5, 5.41) is 0. The lowest BCUT2D eigenvalue weighted by Crippen LogP contribution is -2.30. The number of likely N-dealkylation sites (N-methyl/N-ethyl adjacent to an activating group) is 1. The summed E-state index contributed by atoms with van der Waals surface area (Å²) in [6, 6.07) is 5.39. The van der Waals surface area contributed by atoms with Gasteiger partial charge in [0.05, 0.1) is 20.3 Å².